The number of hydrogen-bond acceptors (Lipinski definition) is 5. The Balaban J connectivity index is 1.36. The van der Waals surface area contributed by atoms with Gasteiger partial charge in [0, 0.05) is 30.4 Å². The molecule has 1 aromatic heterocycles. The third-order valence-electron chi connectivity index (χ3n) is 6.68. The van der Waals surface area contributed by atoms with E-state index < -0.39 is 30.0 Å². The van der Waals surface area contributed by atoms with Gasteiger partial charge in [0.15, 0.2) is 5.60 Å². The lowest BCUT2D eigenvalue weighted by Gasteiger charge is -2.40. The largest absolute Gasteiger partial charge is 0.476 e. The van der Waals surface area contributed by atoms with Crippen LogP contribution in [-0.4, -0.2) is 53.2 Å². The second-order valence-corrected chi connectivity index (χ2v) is 10.8. The summed E-state index contributed by atoms with van der Waals surface area (Å²) in [4.78, 5) is 31.5. The molecule has 0 aliphatic carbocycles. The Morgan fingerprint density at radius 1 is 1.11 bits per heavy atom. The first-order valence-electron chi connectivity index (χ1n) is 12.0. The number of nitrogens with one attached hydrogen (secondary N) is 2. The summed E-state index contributed by atoms with van der Waals surface area (Å²) in [6.07, 6.45) is -0.185. The number of hydrogen-bond donors (Lipinski definition) is 2. The van der Waals surface area contributed by atoms with Gasteiger partial charge in [-0.25, -0.2) is 9.37 Å². The van der Waals surface area contributed by atoms with Crippen LogP contribution in [0.4, 0.5) is 23.4 Å². The van der Waals surface area contributed by atoms with Crippen LogP contribution in [0, 0.1) is 5.82 Å². The van der Waals surface area contributed by atoms with Crippen molar-refractivity contribution in [1.29, 1.82) is 0 Å². The van der Waals surface area contributed by atoms with Crippen LogP contribution in [0.1, 0.15) is 49.9 Å². The lowest BCUT2D eigenvalue weighted by Crippen LogP contribution is -2.55. The molecule has 2 aliphatic rings. The van der Waals surface area contributed by atoms with Gasteiger partial charge in [0.05, 0.1) is 15.6 Å². The average Bonchev–Trinajstić information content (AvgIpc) is 3.10. The predicted octanol–water partition coefficient (Wildman–Crippen LogP) is 5.29. The summed E-state index contributed by atoms with van der Waals surface area (Å²) in [5, 5.41) is 4.79. The van der Waals surface area contributed by atoms with Gasteiger partial charge in [0.2, 0.25) is 0 Å². The number of carbonyl (C=O) groups excluding carboxylic acids is 2. The SMILES string of the molecule is CC(C)(Oc1cc(F)c(Cl)cc1Cl)C(=O)NC1C[C@H]2CC[C@@H](C1)N2c1ccc(C(=O)NCC(F)(F)F)cn1. The van der Waals surface area contributed by atoms with Gasteiger partial charge in [-0.2, -0.15) is 13.2 Å². The Morgan fingerprint density at radius 3 is 2.34 bits per heavy atom. The Kier molecular flexibility index (Phi) is 7.99. The van der Waals surface area contributed by atoms with E-state index in [9.17, 15) is 27.2 Å². The lowest BCUT2D eigenvalue weighted by molar-refractivity contribution is -0.135. The fourth-order valence-corrected chi connectivity index (χ4v) is 5.31. The summed E-state index contributed by atoms with van der Waals surface area (Å²) in [6.45, 7) is 1.71. The molecule has 13 heteroatoms. The molecule has 2 saturated heterocycles. The first-order chi connectivity index (χ1) is 17.7. The number of halogens is 6. The van der Waals surface area contributed by atoms with Crippen LogP contribution in [0.2, 0.25) is 10.0 Å². The van der Waals surface area contributed by atoms with Crippen molar-refractivity contribution in [3.8, 4) is 5.75 Å². The Morgan fingerprint density at radius 2 is 1.76 bits per heavy atom. The molecule has 38 heavy (non-hydrogen) atoms. The van der Waals surface area contributed by atoms with Gasteiger partial charge in [-0.05, 0) is 57.7 Å². The van der Waals surface area contributed by atoms with Gasteiger partial charge >= 0.3 is 6.18 Å². The number of alkyl halides is 3. The van der Waals surface area contributed by atoms with Crippen LogP contribution in [-0.2, 0) is 4.79 Å². The number of nitrogens with zero attached hydrogens (tertiary/aromatic N) is 2. The molecule has 2 aliphatic heterocycles. The predicted molar refractivity (Wildman–Crippen MR) is 134 cm³/mol. The maximum atomic E-state index is 13.9. The molecule has 1 unspecified atom stereocenters. The van der Waals surface area contributed by atoms with E-state index in [0.29, 0.717) is 18.7 Å². The number of rotatable bonds is 7. The molecule has 2 bridgehead atoms. The van der Waals surface area contributed by atoms with Crippen molar-refractivity contribution < 1.29 is 31.9 Å². The number of anilines is 1. The van der Waals surface area contributed by atoms with E-state index in [1.165, 1.54) is 18.3 Å². The summed E-state index contributed by atoms with van der Waals surface area (Å²) in [7, 11) is 0. The number of ether oxygens (including phenoxy) is 1. The zero-order chi connectivity index (χ0) is 27.8. The molecule has 2 fully saturated rings. The summed E-state index contributed by atoms with van der Waals surface area (Å²) in [5.74, 6) is -1.31. The Bertz CT molecular complexity index is 1200. The maximum absolute atomic E-state index is 13.9. The second-order valence-electron chi connectivity index (χ2n) is 9.95. The second kappa shape index (κ2) is 10.8. The molecule has 2 aromatic rings. The summed E-state index contributed by atoms with van der Waals surface area (Å²) in [6, 6.07) is 5.36. The van der Waals surface area contributed by atoms with Crippen LogP contribution in [0.25, 0.3) is 0 Å². The highest BCUT2D eigenvalue weighted by atomic mass is 35.5. The Labute approximate surface area is 226 Å². The standard InChI is InChI=1S/C25H26Cl2F4N4O3/c1-24(2,38-20-10-19(28)17(26)9-18(20)27)23(37)34-14-7-15-4-5-16(8-14)35(15)21-6-3-13(11-32-21)22(36)33-12-25(29,30)31/h3,6,9-11,14-16H,4-5,7-8,12H2,1-2H3,(H,33,36)(H,34,37)/t14?,15-,16+. The van der Waals surface area contributed by atoms with Gasteiger partial charge < -0.3 is 20.3 Å². The molecule has 3 atom stereocenters. The third kappa shape index (κ3) is 6.43. The first kappa shape index (κ1) is 28.2. The normalized spacial score (nSPS) is 21.3. The first-order valence-corrected chi connectivity index (χ1v) is 12.7. The quantitative estimate of drug-likeness (QED) is 0.345. The number of piperidine rings is 1. The minimum absolute atomic E-state index is 0.00483. The van der Waals surface area contributed by atoms with Gasteiger partial charge in [0.1, 0.15) is 23.9 Å². The zero-order valence-electron chi connectivity index (χ0n) is 20.5. The molecule has 4 rings (SSSR count). The number of pyridine rings is 1. The zero-order valence-corrected chi connectivity index (χ0v) is 22.1. The average molecular weight is 577 g/mol. The van der Waals surface area contributed by atoms with E-state index in [4.69, 9.17) is 27.9 Å². The van der Waals surface area contributed by atoms with E-state index in [1.807, 2.05) is 5.32 Å². The van der Waals surface area contributed by atoms with Crippen LogP contribution < -0.4 is 20.3 Å². The van der Waals surface area contributed by atoms with Crippen molar-refractivity contribution in [2.45, 2.75) is 69.4 Å². The van der Waals surface area contributed by atoms with Crippen molar-refractivity contribution in [3.63, 3.8) is 0 Å². The van der Waals surface area contributed by atoms with Crippen molar-refractivity contribution in [2.75, 3.05) is 11.4 Å². The third-order valence-corrected chi connectivity index (χ3v) is 7.26. The molecule has 1 aromatic carbocycles. The fourth-order valence-electron chi connectivity index (χ4n) is 4.89. The van der Waals surface area contributed by atoms with Gasteiger partial charge in [-0.3, -0.25) is 9.59 Å². The monoisotopic (exact) mass is 576 g/mol. The fraction of sp³-hybridized carbons (Fsp3) is 0.480. The maximum Gasteiger partial charge on any atom is 0.405 e. The van der Waals surface area contributed by atoms with E-state index in [0.717, 1.165) is 18.9 Å². The van der Waals surface area contributed by atoms with Gasteiger partial charge in [-0.15, -0.1) is 0 Å². The molecule has 0 saturated carbocycles. The minimum atomic E-state index is -4.50. The molecule has 0 radical (unpaired) electrons. The van der Waals surface area contributed by atoms with Gasteiger partial charge in [-0.1, -0.05) is 23.2 Å². The highest BCUT2D eigenvalue weighted by Gasteiger charge is 2.43. The highest BCUT2D eigenvalue weighted by molar-refractivity contribution is 6.35. The van der Waals surface area contributed by atoms with Crippen LogP contribution in [0.5, 0.6) is 5.75 Å². The molecule has 2 amide bonds. The minimum Gasteiger partial charge on any atom is -0.476 e. The molecule has 7 nitrogen and oxygen atoms in total. The van der Waals surface area contributed by atoms with E-state index in [2.05, 4.69) is 15.2 Å². The lowest BCUT2D eigenvalue weighted by atomic mass is 9.96. The topological polar surface area (TPSA) is 83.6 Å². The molecule has 3 heterocycles. The number of fused-ring (bicyclic) bond motifs is 2. The van der Waals surface area contributed by atoms with Crippen molar-refractivity contribution >= 4 is 40.8 Å². The molecule has 206 valence electrons. The molecule has 2 N–H and O–H groups in total. The van der Waals surface area contributed by atoms with Crippen LogP contribution in [0.15, 0.2) is 30.5 Å². The number of benzene rings is 1. The number of aromatic nitrogens is 1. The smallest absolute Gasteiger partial charge is 0.405 e. The van der Waals surface area contributed by atoms with E-state index in [1.54, 1.807) is 19.9 Å². The molecular weight excluding hydrogens is 551 g/mol. The summed E-state index contributed by atoms with van der Waals surface area (Å²) < 4.78 is 56.7. The Hall–Kier alpha value is -2.79. The van der Waals surface area contributed by atoms with Crippen molar-refractivity contribution in [3.05, 3.63) is 51.9 Å². The highest BCUT2D eigenvalue weighted by Crippen LogP contribution is 2.39. The van der Waals surface area contributed by atoms with Crippen LogP contribution >= 0.6 is 23.2 Å². The molecule has 0 spiro atoms. The van der Waals surface area contributed by atoms with Crippen LogP contribution in [0.3, 0.4) is 0 Å². The molecular formula is C25H26Cl2F4N4O3. The van der Waals surface area contributed by atoms with Crippen molar-refractivity contribution in [1.82, 2.24) is 15.6 Å². The summed E-state index contributed by atoms with van der Waals surface area (Å²) >= 11 is 11.8. The summed E-state index contributed by atoms with van der Waals surface area (Å²) in [5.41, 5.74) is -1.31. The van der Waals surface area contributed by atoms with E-state index in [-0.39, 0.29) is 45.4 Å². The van der Waals surface area contributed by atoms with E-state index >= 15 is 0 Å². The number of amides is 2. The number of carbonyl (C=O) groups is 2. The van der Waals surface area contributed by atoms with Gasteiger partial charge in [0.25, 0.3) is 11.8 Å². The van der Waals surface area contributed by atoms with Crippen molar-refractivity contribution in [2.24, 2.45) is 0 Å².